The van der Waals surface area contributed by atoms with Crippen LogP contribution in [0.2, 0.25) is 0 Å². The zero-order valence-electron chi connectivity index (χ0n) is 15.1. The fourth-order valence-electron chi connectivity index (χ4n) is 2.50. The summed E-state index contributed by atoms with van der Waals surface area (Å²) in [5, 5.41) is 4.27. The van der Waals surface area contributed by atoms with Gasteiger partial charge in [-0.1, -0.05) is 12.2 Å². The fraction of sp³-hybridized carbons (Fsp3) is 0.389. The number of nitrogens with one attached hydrogen (secondary N) is 1. The van der Waals surface area contributed by atoms with Crippen LogP contribution in [0.25, 0.3) is 10.2 Å². The van der Waals surface area contributed by atoms with Gasteiger partial charge in [0.15, 0.2) is 0 Å². The maximum Gasteiger partial charge on any atom is 0.264 e. The highest BCUT2D eigenvalue weighted by atomic mass is 32.1. The quantitative estimate of drug-likeness (QED) is 0.698. The van der Waals surface area contributed by atoms with Crippen molar-refractivity contribution in [2.24, 2.45) is 0 Å². The number of anilines is 1. The third kappa shape index (κ3) is 4.43. The second-order valence-electron chi connectivity index (χ2n) is 5.98. The first-order valence-electron chi connectivity index (χ1n) is 8.13. The summed E-state index contributed by atoms with van der Waals surface area (Å²) in [5.74, 6) is 0.748. The van der Waals surface area contributed by atoms with Gasteiger partial charge in [-0.15, -0.1) is 24.5 Å². The third-order valence-corrected chi connectivity index (χ3v) is 4.95. The van der Waals surface area contributed by atoms with Gasteiger partial charge in [0.25, 0.3) is 5.91 Å². The molecule has 0 aliphatic rings. The van der Waals surface area contributed by atoms with E-state index in [1.807, 2.05) is 21.0 Å². The molecule has 6 nitrogen and oxygen atoms in total. The predicted octanol–water partition coefficient (Wildman–Crippen LogP) is 2.79. The van der Waals surface area contributed by atoms with E-state index in [-0.39, 0.29) is 5.91 Å². The highest BCUT2D eigenvalue weighted by Crippen LogP contribution is 2.33. The van der Waals surface area contributed by atoms with Crippen molar-refractivity contribution in [1.82, 2.24) is 19.8 Å². The van der Waals surface area contributed by atoms with Gasteiger partial charge < -0.3 is 15.1 Å². The Hall–Kier alpha value is -2.25. The van der Waals surface area contributed by atoms with Crippen LogP contribution in [0, 0.1) is 6.92 Å². The molecule has 0 saturated carbocycles. The molecule has 0 atom stereocenters. The topological polar surface area (TPSA) is 61.4 Å². The molecule has 2 heterocycles. The summed E-state index contributed by atoms with van der Waals surface area (Å²) in [4.78, 5) is 26.9. The van der Waals surface area contributed by atoms with Gasteiger partial charge in [0.05, 0.1) is 10.3 Å². The minimum atomic E-state index is -0.0282. The van der Waals surface area contributed by atoms with Crippen molar-refractivity contribution in [3.8, 4) is 0 Å². The number of hydrogen-bond acceptors (Lipinski definition) is 6. The van der Waals surface area contributed by atoms with Crippen LogP contribution in [-0.4, -0.2) is 65.9 Å². The van der Waals surface area contributed by atoms with E-state index < -0.39 is 0 Å². The number of rotatable bonds is 9. The molecule has 7 heteroatoms. The lowest BCUT2D eigenvalue weighted by molar-refractivity contribution is 0.0795. The van der Waals surface area contributed by atoms with E-state index in [2.05, 4.69) is 33.3 Å². The van der Waals surface area contributed by atoms with E-state index in [4.69, 9.17) is 0 Å². The molecule has 0 unspecified atom stereocenters. The lowest BCUT2D eigenvalue weighted by Gasteiger charge is -2.18. The first-order valence-corrected chi connectivity index (χ1v) is 8.95. The molecule has 0 saturated heterocycles. The number of hydrogen-bond donors (Lipinski definition) is 1. The van der Waals surface area contributed by atoms with Crippen LogP contribution in [0.4, 0.5) is 5.82 Å². The summed E-state index contributed by atoms with van der Waals surface area (Å²) in [6, 6.07) is 0. The van der Waals surface area contributed by atoms with Crippen LogP contribution in [-0.2, 0) is 0 Å². The number of aryl methyl sites for hydroxylation is 1. The minimum Gasteiger partial charge on any atom is -0.368 e. The van der Waals surface area contributed by atoms with Crippen LogP contribution in [0.5, 0.6) is 0 Å². The molecule has 0 spiro atoms. The van der Waals surface area contributed by atoms with Gasteiger partial charge in [-0.05, 0) is 26.6 Å². The average molecular weight is 359 g/mol. The zero-order chi connectivity index (χ0) is 18.4. The van der Waals surface area contributed by atoms with Gasteiger partial charge in [0, 0.05) is 26.2 Å². The summed E-state index contributed by atoms with van der Waals surface area (Å²) in [6.07, 6.45) is 4.98. The smallest absolute Gasteiger partial charge is 0.264 e. The standard InChI is InChI=1S/C18H25N5OS/c1-6-9-23(10-7-2)18(24)15-13(3)14-16(19-8-11-22(4)5)20-12-21-17(14)25-15/h6-7,12H,1-2,8-11H2,3-5H3,(H,19,20,21). The van der Waals surface area contributed by atoms with Crippen LogP contribution in [0.3, 0.4) is 0 Å². The number of nitrogens with zero attached hydrogens (tertiary/aromatic N) is 4. The van der Waals surface area contributed by atoms with Crippen molar-refractivity contribution < 1.29 is 4.79 Å². The molecule has 0 aliphatic carbocycles. The maximum absolute atomic E-state index is 12.9. The molecule has 2 rings (SSSR count). The largest absolute Gasteiger partial charge is 0.368 e. The van der Waals surface area contributed by atoms with E-state index in [1.54, 1.807) is 17.1 Å². The summed E-state index contributed by atoms with van der Waals surface area (Å²) in [7, 11) is 4.05. The number of carbonyl (C=O) groups is 1. The first kappa shape index (κ1) is 19.1. The second-order valence-corrected chi connectivity index (χ2v) is 6.98. The molecular weight excluding hydrogens is 334 g/mol. The lowest BCUT2D eigenvalue weighted by atomic mass is 10.2. The van der Waals surface area contributed by atoms with Gasteiger partial charge in [-0.3, -0.25) is 4.79 Å². The molecule has 1 amide bonds. The van der Waals surface area contributed by atoms with Crippen molar-refractivity contribution in [1.29, 1.82) is 0 Å². The molecule has 1 N–H and O–H groups in total. The normalized spacial score (nSPS) is 10.9. The van der Waals surface area contributed by atoms with E-state index in [0.717, 1.165) is 34.7 Å². The van der Waals surface area contributed by atoms with Crippen molar-refractivity contribution in [3.63, 3.8) is 0 Å². The molecule has 0 aliphatic heterocycles. The maximum atomic E-state index is 12.9. The molecule has 134 valence electrons. The summed E-state index contributed by atoms with van der Waals surface area (Å²) in [6.45, 7) is 12.0. The Bertz CT molecular complexity index is 758. The molecule has 25 heavy (non-hydrogen) atoms. The summed E-state index contributed by atoms with van der Waals surface area (Å²) < 4.78 is 0. The van der Waals surface area contributed by atoms with Gasteiger partial charge in [-0.25, -0.2) is 9.97 Å². The van der Waals surface area contributed by atoms with Crippen LogP contribution < -0.4 is 5.32 Å². The highest BCUT2D eigenvalue weighted by Gasteiger charge is 2.22. The van der Waals surface area contributed by atoms with Gasteiger partial charge >= 0.3 is 0 Å². The van der Waals surface area contributed by atoms with Crippen molar-refractivity contribution >= 4 is 33.3 Å². The number of likely N-dealkylation sites (N-methyl/N-ethyl adjacent to an activating group) is 1. The number of amides is 1. The molecule has 0 fully saturated rings. The van der Waals surface area contributed by atoms with E-state index >= 15 is 0 Å². The number of thiophene rings is 1. The molecule has 2 aromatic heterocycles. The SMILES string of the molecule is C=CCN(CC=C)C(=O)c1sc2ncnc(NCCN(C)C)c2c1C. The van der Waals surface area contributed by atoms with Crippen LogP contribution >= 0.6 is 11.3 Å². The molecule has 2 aromatic rings. The fourth-order valence-corrected chi connectivity index (χ4v) is 3.62. The van der Waals surface area contributed by atoms with Crippen molar-refractivity contribution in [2.75, 3.05) is 45.6 Å². The minimum absolute atomic E-state index is 0.0282. The first-order chi connectivity index (χ1) is 12.0. The Labute approximate surface area is 152 Å². The zero-order valence-corrected chi connectivity index (χ0v) is 15.9. The van der Waals surface area contributed by atoms with Gasteiger partial charge in [0.1, 0.15) is 17.0 Å². The second kappa shape index (κ2) is 8.73. The summed E-state index contributed by atoms with van der Waals surface area (Å²) in [5.41, 5.74) is 0.913. The van der Waals surface area contributed by atoms with Crippen molar-refractivity contribution in [2.45, 2.75) is 6.92 Å². The molecular formula is C18H25N5OS. The Kier molecular flexibility index (Phi) is 6.66. The third-order valence-electron chi connectivity index (χ3n) is 3.76. The number of fused-ring (bicyclic) bond motifs is 1. The van der Waals surface area contributed by atoms with Gasteiger partial charge in [-0.2, -0.15) is 0 Å². The molecule has 0 bridgehead atoms. The van der Waals surface area contributed by atoms with Crippen LogP contribution in [0.1, 0.15) is 15.2 Å². The average Bonchev–Trinajstić information content (AvgIpc) is 2.91. The van der Waals surface area contributed by atoms with E-state index in [1.165, 1.54) is 17.7 Å². The predicted molar refractivity (Wildman–Crippen MR) is 105 cm³/mol. The van der Waals surface area contributed by atoms with Crippen LogP contribution in [0.15, 0.2) is 31.6 Å². The molecule has 0 radical (unpaired) electrons. The Morgan fingerprint density at radius 2 is 1.96 bits per heavy atom. The van der Waals surface area contributed by atoms with E-state index in [0.29, 0.717) is 18.0 Å². The lowest BCUT2D eigenvalue weighted by Crippen LogP contribution is -2.31. The van der Waals surface area contributed by atoms with E-state index in [9.17, 15) is 4.79 Å². The Balaban J connectivity index is 2.36. The Morgan fingerprint density at radius 1 is 1.28 bits per heavy atom. The number of carbonyl (C=O) groups excluding carboxylic acids is 1. The Morgan fingerprint density at radius 3 is 2.56 bits per heavy atom. The van der Waals surface area contributed by atoms with Crippen molar-refractivity contribution in [3.05, 3.63) is 42.1 Å². The van der Waals surface area contributed by atoms with Gasteiger partial charge in [0.2, 0.25) is 0 Å². The highest BCUT2D eigenvalue weighted by molar-refractivity contribution is 7.20. The number of aromatic nitrogens is 2. The monoisotopic (exact) mass is 359 g/mol. The molecule has 0 aromatic carbocycles. The summed E-state index contributed by atoms with van der Waals surface area (Å²) >= 11 is 1.40.